The Morgan fingerprint density at radius 1 is 0.649 bits per heavy atom. The van der Waals surface area contributed by atoms with Crippen LogP contribution in [0.1, 0.15) is 30.0 Å². The van der Waals surface area contributed by atoms with Gasteiger partial charge in [0.05, 0.1) is 7.11 Å². The van der Waals surface area contributed by atoms with E-state index in [2.05, 4.69) is 11.7 Å². The van der Waals surface area contributed by atoms with E-state index in [-0.39, 0.29) is 11.1 Å². The van der Waals surface area contributed by atoms with E-state index in [1.165, 1.54) is 6.07 Å². The van der Waals surface area contributed by atoms with Crippen LogP contribution in [0.15, 0.2) is 72.8 Å². The van der Waals surface area contributed by atoms with Crippen LogP contribution in [0.2, 0.25) is 0 Å². The first-order chi connectivity index (χ1) is 17.7. The maximum Gasteiger partial charge on any atom is 0.190 e. The molecule has 0 aliphatic carbocycles. The van der Waals surface area contributed by atoms with Gasteiger partial charge in [0.1, 0.15) is 11.6 Å². The SMILES string of the molecule is CCCc1ccc(-c2ccc(C(F)=C(F)c3ccc(-c4cc(F)c(OC)c(F)c4)c(F)c3)c(F)c2)cc1. The van der Waals surface area contributed by atoms with Gasteiger partial charge in [-0.05, 0) is 59.0 Å². The Labute approximate surface area is 210 Å². The van der Waals surface area contributed by atoms with Gasteiger partial charge in [-0.25, -0.2) is 26.3 Å². The van der Waals surface area contributed by atoms with E-state index >= 15 is 0 Å². The fourth-order valence-electron chi connectivity index (χ4n) is 4.07. The van der Waals surface area contributed by atoms with E-state index < -0.39 is 51.8 Å². The minimum Gasteiger partial charge on any atom is -0.491 e. The zero-order valence-electron chi connectivity index (χ0n) is 20.0. The standard InChI is InChI=1S/C30H22F6O/c1-3-4-17-5-7-18(8-6-17)19-9-12-23(25(32)13-19)29(36)28(35)20-10-11-22(24(31)14-20)21-15-26(33)30(37-2)27(34)16-21/h5-16H,3-4H2,1-2H3. The summed E-state index contributed by atoms with van der Waals surface area (Å²) in [5.41, 5.74) is 0.841. The van der Waals surface area contributed by atoms with E-state index in [9.17, 15) is 26.3 Å². The van der Waals surface area contributed by atoms with Crippen molar-refractivity contribution in [1.29, 1.82) is 0 Å². The Bertz CT molecular complexity index is 1450. The Morgan fingerprint density at radius 3 is 1.84 bits per heavy atom. The number of halogens is 6. The monoisotopic (exact) mass is 512 g/mol. The van der Waals surface area contributed by atoms with E-state index in [0.717, 1.165) is 67.5 Å². The Hall–Kier alpha value is -4.00. The fraction of sp³-hybridized carbons (Fsp3) is 0.133. The third-order valence-corrected chi connectivity index (χ3v) is 5.96. The van der Waals surface area contributed by atoms with Gasteiger partial charge in [-0.2, -0.15) is 0 Å². The third-order valence-electron chi connectivity index (χ3n) is 5.96. The molecule has 0 atom stereocenters. The summed E-state index contributed by atoms with van der Waals surface area (Å²) in [6.45, 7) is 2.06. The van der Waals surface area contributed by atoms with Gasteiger partial charge in [0.2, 0.25) is 0 Å². The minimum atomic E-state index is -1.50. The van der Waals surface area contributed by atoms with Crippen molar-refractivity contribution in [2.45, 2.75) is 19.8 Å². The van der Waals surface area contributed by atoms with Gasteiger partial charge < -0.3 is 4.74 Å². The van der Waals surface area contributed by atoms with Crippen LogP contribution in [0.5, 0.6) is 5.75 Å². The lowest BCUT2D eigenvalue weighted by molar-refractivity contribution is 0.360. The molecule has 0 aliphatic heterocycles. The first-order valence-corrected chi connectivity index (χ1v) is 11.5. The normalized spacial score (nSPS) is 11.9. The second-order valence-corrected chi connectivity index (χ2v) is 8.44. The molecule has 190 valence electrons. The predicted octanol–water partition coefficient (Wildman–Crippen LogP) is 9.30. The number of methoxy groups -OCH3 is 1. The van der Waals surface area contributed by atoms with Crippen molar-refractivity contribution in [2.75, 3.05) is 7.11 Å². The lowest BCUT2D eigenvalue weighted by Crippen LogP contribution is -1.95. The molecule has 7 heteroatoms. The van der Waals surface area contributed by atoms with E-state index in [0.29, 0.717) is 11.6 Å². The Morgan fingerprint density at radius 2 is 1.27 bits per heavy atom. The van der Waals surface area contributed by atoms with Crippen molar-refractivity contribution in [3.63, 3.8) is 0 Å². The second-order valence-electron chi connectivity index (χ2n) is 8.44. The molecule has 4 aromatic rings. The summed E-state index contributed by atoms with van der Waals surface area (Å²) in [7, 11) is 1.08. The van der Waals surface area contributed by atoms with Gasteiger partial charge in [0.15, 0.2) is 29.0 Å². The molecular formula is C30H22F6O. The first kappa shape index (κ1) is 26.1. The van der Waals surface area contributed by atoms with Gasteiger partial charge in [0, 0.05) is 16.7 Å². The molecule has 0 fully saturated rings. The smallest absolute Gasteiger partial charge is 0.190 e. The first-order valence-electron chi connectivity index (χ1n) is 11.5. The Kier molecular flexibility index (Phi) is 7.71. The number of hydrogen-bond acceptors (Lipinski definition) is 1. The summed E-state index contributed by atoms with van der Waals surface area (Å²) >= 11 is 0. The van der Waals surface area contributed by atoms with Crippen molar-refractivity contribution in [2.24, 2.45) is 0 Å². The van der Waals surface area contributed by atoms with Crippen LogP contribution in [0.3, 0.4) is 0 Å². The lowest BCUT2D eigenvalue weighted by atomic mass is 9.99. The predicted molar refractivity (Wildman–Crippen MR) is 133 cm³/mol. The molecule has 4 rings (SSSR count). The molecule has 0 bridgehead atoms. The molecule has 1 nitrogen and oxygen atoms in total. The lowest BCUT2D eigenvalue weighted by Gasteiger charge is -2.10. The molecule has 0 N–H and O–H groups in total. The number of hydrogen-bond donors (Lipinski definition) is 0. The maximum atomic E-state index is 14.9. The molecule has 0 unspecified atom stereocenters. The molecule has 0 heterocycles. The second kappa shape index (κ2) is 10.9. The summed E-state index contributed by atoms with van der Waals surface area (Å²) in [6.07, 6.45) is 1.91. The molecule has 0 aromatic heterocycles. The summed E-state index contributed by atoms with van der Waals surface area (Å²) in [5.74, 6) is -7.74. The highest BCUT2D eigenvalue weighted by Gasteiger charge is 2.19. The van der Waals surface area contributed by atoms with Crippen LogP contribution in [-0.4, -0.2) is 7.11 Å². The molecule has 0 saturated heterocycles. The van der Waals surface area contributed by atoms with E-state index in [4.69, 9.17) is 0 Å². The zero-order chi connectivity index (χ0) is 26.7. The van der Waals surface area contributed by atoms with Crippen molar-refractivity contribution in [3.05, 3.63) is 113 Å². The topological polar surface area (TPSA) is 9.23 Å². The molecule has 0 saturated carbocycles. The van der Waals surface area contributed by atoms with Gasteiger partial charge in [-0.15, -0.1) is 0 Å². The van der Waals surface area contributed by atoms with E-state index in [1.807, 2.05) is 24.3 Å². The number of ether oxygens (including phenoxy) is 1. The van der Waals surface area contributed by atoms with Crippen LogP contribution in [0.25, 0.3) is 33.9 Å². The minimum absolute atomic E-state index is 0.158. The van der Waals surface area contributed by atoms with Crippen LogP contribution >= 0.6 is 0 Å². The third kappa shape index (κ3) is 5.40. The summed E-state index contributed by atoms with van der Waals surface area (Å²) in [4.78, 5) is 0. The highest BCUT2D eigenvalue weighted by Crippen LogP contribution is 2.35. The molecule has 0 aliphatic rings. The summed E-state index contributed by atoms with van der Waals surface area (Å²) in [5, 5.41) is 0. The molecular weight excluding hydrogens is 490 g/mol. The highest BCUT2D eigenvalue weighted by atomic mass is 19.2. The fourth-order valence-corrected chi connectivity index (χ4v) is 4.07. The zero-order valence-corrected chi connectivity index (χ0v) is 20.0. The average Bonchev–Trinajstić information content (AvgIpc) is 2.88. The average molecular weight is 512 g/mol. The molecule has 0 amide bonds. The molecule has 4 aromatic carbocycles. The number of benzene rings is 4. The van der Waals surface area contributed by atoms with Gasteiger partial charge >= 0.3 is 0 Å². The number of aryl methyl sites for hydroxylation is 1. The molecule has 0 radical (unpaired) electrons. The van der Waals surface area contributed by atoms with Crippen LogP contribution in [-0.2, 0) is 6.42 Å². The van der Waals surface area contributed by atoms with Crippen LogP contribution < -0.4 is 4.74 Å². The van der Waals surface area contributed by atoms with E-state index in [1.54, 1.807) is 0 Å². The Balaban J connectivity index is 1.64. The van der Waals surface area contributed by atoms with Crippen LogP contribution in [0.4, 0.5) is 26.3 Å². The highest BCUT2D eigenvalue weighted by molar-refractivity contribution is 5.84. The van der Waals surface area contributed by atoms with Crippen molar-refractivity contribution >= 4 is 11.7 Å². The van der Waals surface area contributed by atoms with Gasteiger partial charge in [-0.1, -0.05) is 55.8 Å². The summed E-state index contributed by atoms with van der Waals surface area (Å²) in [6, 6.07) is 15.7. The molecule has 37 heavy (non-hydrogen) atoms. The van der Waals surface area contributed by atoms with Crippen molar-refractivity contribution < 1.29 is 31.1 Å². The van der Waals surface area contributed by atoms with Crippen LogP contribution in [0, 0.1) is 23.3 Å². The quantitative estimate of drug-likeness (QED) is 0.177. The van der Waals surface area contributed by atoms with Crippen molar-refractivity contribution in [3.8, 4) is 28.0 Å². The molecule has 0 spiro atoms. The van der Waals surface area contributed by atoms with Gasteiger partial charge in [-0.3, -0.25) is 0 Å². The van der Waals surface area contributed by atoms with Gasteiger partial charge in [0.25, 0.3) is 0 Å². The largest absolute Gasteiger partial charge is 0.491 e. The summed E-state index contributed by atoms with van der Waals surface area (Å²) < 4.78 is 92.0. The number of rotatable bonds is 7. The maximum absolute atomic E-state index is 14.9. The van der Waals surface area contributed by atoms with Crippen molar-refractivity contribution in [1.82, 2.24) is 0 Å².